The SMILES string of the molecule is CC1(C)OB(C2CC=NC3NC=CC=C32)OC1(C)C. The molecule has 0 aromatic carbocycles. The molecule has 4 nitrogen and oxygen atoms in total. The van der Waals surface area contributed by atoms with E-state index in [0.717, 1.165) is 6.42 Å². The van der Waals surface area contributed by atoms with Gasteiger partial charge in [-0.25, -0.2) is 0 Å². The third kappa shape index (κ3) is 2.05. The second-order valence-electron chi connectivity index (χ2n) is 6.39. The van der Waals surface area contributed by atoms with Gasteiger partial charge in [-0.15, -0.1) is 0 Å². The van der Waals surface area contributed by atoms with Gasteiger partial charge in [-0.3, -0.25) is 4.99 Å². The first kappa shape index (κ1) is 12.9. The normalized spacial score (nSPS) is 34.7. The summed E-state index contributed by atoms with van der Waals surface area (Å²) in [5, 5.41) is 3.26. The van der Waals surface area contributed by atoms with E-state index in [9.17, 15) is 0 Å². The van der Waals surface area contributed by atoms with E-state index >= 15 is 0 Å². The summed E-state index contributed by atoms with van der Waals surface area (Å²) < 4.78 is 12.4. The monoisotopic (exact) mass is 260 g/mol. The predicted molar refractivity (Wildman–Crippen MR) is 77.1 cm³/mol. The smallest absolute Gasteiger partial charge is 0.403 e. The van der Waals surface area contributed by atoms with Gasteiger partial charge in [0.05, 0.1) is 11.2 Å². The molecule has 0 spiro atoms. The van der Waals surface area contributed by atoms with Gasteiger partial charge >= 0.3 is 7.12 Å². The lowest BCUT2D eigenvalue weighted by Crippen LogP contribution is -2.41. The summed E-state index contributed by atoms with van der Waals surface area (Å²) in [6, 6.07) is 0. The van der Waals surface area contributed by atoms with Crippen LogP contribution in [-0.4, -0.2) is 30.7 Å². The Labute approximate surface area is 115 Å². The number of nitrogens with zero attached hydrogens (tertiary/aromatic N) is 1. The Bertz CT molecular complexity index is 452. The van der Waals surface area contributed by atoms with Crippen molar-refractivity contribution in [1.29, 1.82) is 0 Å². The van der Waals surface area contributed by atoms with E-state index in [4.69, 9.17) is 9.31 Å². The van der Waals surface area contributed by atoms with Gasteiger partial charge in [-0.2, -0.15) is 0 Å². The second-order valence-corrected chi connectivity index (χ2v) is 6.39. The van der Waals surface area contributed by atoms with Gasteiger partial charge in [0.1, 0.15) is 6.17 Å². The molecule has 1 N–H and O–H groups in total. The van der Waals surface area contributed by atoms with Crippen LogP contribution >= 0.6 is 0 Å². The van der Waals surface area contributed by atoms with Crippen molar-refractivity contribution in [2.45, 2.75) is 57.3 Å². The lowest BCUT2D eigenvalue weighted by Gasteiger charge is -2.32. The Kier molecular flexibility index (Phi) is 2.87. The van der Waals surface area contributed by atoms with Crippen molar-refractivity contribution in [3.8, 4) is 0 Å². The highest BCUT2D eigenvalue weighted by Crippen LogP contribution is 2.44. The topological polar surface area (TPSA) is 42.8 Å². The molecular weight excluding hydrogens is 239 g/mol. The number of rotatable bonds is 1. The first-order chi connectivity index (χ1) is 8.91. The molecule has 2 unspecified atom stereocenters. The number of fused-ring (bicyclic) bond motifs is 1. The molecule has 1 saturated heterocycles. The predicted octanol–water partition coefficient (Wildman–Crippen LogP) is 2.29. The number of allylic oxidation sites excluding steroid dienone is 2. The zero-order valence-corrected chi connectivity index (χ0v) is 12.0. The maximum atomic E-state index is 6.18. The van der Waals surface area contributed by atoms with Crippen molar-refractivity contribution >= 4 is 13.3 Å². The number of nitrogens with one attached hydrogen (secondary N) is 1. The largest absolute Gasteiger partial charge is 0.466 e. The molecular formula is C14H21BN2O2. The highest BCUT2D eigenvalue weighted by molar-refractivity contribution is 6.49. The molecule has 3 rings (SSSR count). The summed E-state index contributed by atoms with van der Waals surface area (Å²) in [6.45, 7) is 8.37. The van der Waals surface area contributed by atoms with Crippen LogP contribution in [0.15, 0.2) is 28.9 Å². The zero-order valence-electron chi connectivity index (χ0n) is 12.0. The molecule has 0 aromatic rings. The highest BCUT2D eigenvalue weighted by atomic mass is 16.7. The Morgan fingerprint density at radius 2 is 1.95 bits per heavy atom. The molecule has 5 heteroatoms. The van der Waals surface area contributed by atoms with Gasteiger partial charge in [0.15, 0.2) is 0 Å². The van der Waals surface area contributed by atoms with Crippen molar-refractivity contribution in [3.05, 3.63) is 23.9 Å². The number of aliphatic imine (C=N–C) groups is 1. The van der Waals surface area contributed by atoms with Gasteiger partial charge in [0.25, 0.3) is 0 Å². The molecule has 3 heterocycles. The van der Waals surface area contributed by atoms with Crippen LogP contribution in [-0.2, 0) is 9.31 Å². The van der Waals surface area contributed by atoms with E-state index in [1.165, 1.54) is 5.57 Å². The molecule has 2 atom stereocenters. The van der Waals surface area contributed by atoms with Crippen LogP contribution in [0, 0.1) is 0 Å². The van der Waals surface area contributed by atoms with Crippen molar-refractivity contribution in [2.75, 3.05) is 0 Å². The van der Waals surface area contributed by atoms with Gasteiger partial charge in [0.2, 0.25) is 0 Å². The molecule has 0 aromatic heterocycles. The van der Waals surface area contributed by atoms with Gasteiger partial charge in [-0.05, 0) is 52.0 Å². The van der Waals surface area contributed by atoms with Crippen molar-refractivity contribution < 1.29 is 9.31 Å². The fourth-order valence-electron chi connectivity index (χ4n) is 2.69. The first-order valence-electron chi connectivity index (χ1n) is 6.91. The lowest BCUT2D eigenvalue weighted by molar-refractivity contribution is 0.00578. The number of hydrogen-bond donors (Lipinski definition) is 1. The summed E-state index contributed by atoms with van der Waals surface area (Å²) in [5.74, 6) is 0.237. The van der Waals surface area contributed by atoms with Crippen molar-refractivity contribution in [3.63, 3.8) is 0 Å². The molecule has 19 heavy (non-hydrogen) atoms. The second kappa shape index (κ2) is 4.22. The minimum absolute atomic E-state index is 0.0442. The molecule has 102 valence electrons. The van der Waals surface area contributed by atoms with Crippen LogP contribution in [0.1, 0.15) is 34.1 Å². The van der Waals surface area contributed by atoms with E-state index in [-0.39, 0.29) is 30.3 Å². The summed E-state index contributed by atoms with van der Waals surface area (Å²) in [6.07, 6.45) is 8.97. The van der Waals surface area contributed by atoms with Crippen molar-refractivity contribution in [1.82, 2.24) is 5.32 Å². The van der Waals surface area contributed by atoms with Crippen LogP contribution in [0.3, 0.4) is 0 Å². The Morgan fingerprint density at radius 1 is 1.26 bits per heavy atom. The Balaban J connectivity index is 1.86. The number of hydrogen-bond acceptors (Lipinski definition) is 4. The molecule has 0 bridgehead atoms. The maximum Gasteiger partial charge on any atom is 0.466 e. The Hall–Kier alpha value is -1.07. The lowest BCUT2D eigenvalue weighted by atomic mass is 9.64. The highest BCUT2D eigenvalue weighted by Gasteiger charge is 2.54. The fourth-order valence-corrected chi connectivity index (χ4v) is 2.69. The van der Waals surface area contributed by atoms with E-state index in [0.29, 0.717) is 0 Å². The molecule has 3 aliphatic rings. The van der Waals surface area contributed by atoms with Crippen LogP contribution in [0.5, 0.6) is 0 Å². The van der Waals surface area contributed by atoms with Gasteiger partial charge in [0, 0.05) is 12.0 Å². The average Bonchev–Trinajstić information content (AvgIpc) is 2.58. The van der Waals surface area contributed by atoms with E-state index < -0.39 is 0 Å². The summed E-state index contributed by atoms with van der Waals surface area (Å²) in [7, 11) is -0.196. The third-order valence-electron chi connectivity index (χ3n) is 4.60. The van der Waals surface area contributed by atoms with E-state index in [2.05, 4.69) is 44.1 Å². The van der Waals surface area contributed by atoms with Crippen LogP contribution in [0.25, 0.3) is 0 Å². The molecule has 0 amide bonds. The first-order valence-corrected chi connectivity index (χ1v) is 6.91. The fraction of sp³-hybridized carbons (Fsp3) is 0.643. The third-order valence-corrected chi connectivity index (χ3v) is 4.60. The summed E-state index contributed by atoms with van der Waals surface area (Å²) in [5.41, 5.74) is 0.698. The molecule has 3 aliphatic heterocycles. The zero-order chi connectivity index (χ0) is 13.7. The molecule has 0 saturated carbocycles. The van der Waals surface area contributed by atoms with E-state index in [1.807, 2.05) is 18.5 Å². The minimum atomic E-state index is -0.278. The molecule has 0 radical (unpaired) electrons. The summed E-state index contributed by atoms with van der Waals surface area (Å²) >= 11 is 0. The van der Waals surface area contributed by atoms with Gasteiger partial charge < -0.3 is 14.6 Å². The van der Waals surface area contributed by atoms with Gasteiger partial charge in [-0.1, -0.05) is 6.08 Å². The van der Waals surface area contributed by atoms with Crippen LogP contribution in [0.4, 0.5) is 0 Å². The maximum absolute atomic E-state index is 6.18. The quantitative estimate of drug-likeness (QED) is 0.735. The molecule has 1 fully saturated rings. The molecule has 0 aliphatic carbocycles. The Morgan fingerprint density at radius 3 is 2.63 bits per heavy atom. The van der Waals surface area contributed by atoms with E-state index in [1.54, 1.807) is 0 Å². The van der Waals surface area contributed by atoms with Crippen LogP contribution in [0.2, 0.25) is 5.82 Å². The summed E-state index contributed by atoms with van der Waals surface area (Å²) in [4.78, 5) is 4.48. The average molecular weight is 260 g/mol. The standard InChI is InChI=1S/C14H21BN2O2/c1-13(2)14(3,4)19-15(18-13)11-7-9-17-12-10(11)6-5-8-16-12/h5-6,8-9,11-12,16H,7H2,1-4H3. The number of dihydropyridines is 1. The van der Waals surface area contributed by atoms with Crippen molar-refractivity contribution in [2.24, 2.45) is 4.99 Å². The minimum Gasteiger partial charge on any atom is -0.403 e. The van der Waals surface area contributed by atoms with Crippen LogP contribution < -0.4 is 5.32 Å².